The lowest BCUT2D eigenvalue weighted by molar-refractivity contribution is 0.174. The van der Waals surface area contributed by atoms with Gasteiger partial charge in [-0.05, 0) is 67.0 Å². The van der Waals surface area contributed by atoms with Crippen LogP contribution in [0.1, 0.15) is 149 Å². The highest BCUT2D eigenvalue weighted by atomic mass is 32.2. The van der Waals surface area contributed by atoms with Crippen LogP contribution in [0.5, 0.6) is 23.0 Å². The van der Waals surface area contributed by atoms with Crippen LogP contribution in [0.3, 0.4) is 0 Å². The van der Waals surface area contributed by atoms with E-state index in [4.69, 9.17) is 18.9 Å². The van der Waals surface area contributed by atoms with E-state index in [2.05, 4.69) is 51.3 Å². The molecule has 0 saturated carbocycles. The third-order valence-corrected chi connectivity index (χ3v) is 11.8. The van der Waals surface area contributed by atoms with Crippen LogP contribution in [-0.4, -0.2) is 35.2 Å². The van der Waals surface area contributed by atoms with E-state index >= 15 is 0 Å². The van der Waals surface area contributed by atoms with E-state index in [1.807, 2.05) is 18.2 Å². The summed E-state index contributed by atoms with van der Waals surface area (Å²) < 4.78 is 36.4. The first-order chi connectivity index (χ1) is 24.1. The van der Waals surface area contributed by atoms with Gasteiger partial charge in [0.1, 0.15) is 11.5 Å². The van der Waals surface area contributed by atoms with Crippen molar-refractivity contribution in [2.24, 2.45) is 0 Å². The molecule has 2 aromatic carbocycles. The van der Waals surface area contributed by atoms with Gasteiger partial charge >= 0.3 is 0 Å². The van der Waals surface area contributed by atoms with Gasteiger partial charge in [-0.25, -0.2) is 0 Å². The Balaban J connectivity index is 0.000000271. The van der Waals surface area contributed by atoms with E-state index in [0.717, 1.165) is 67.6 Å². The highest BCUT2D eigenvalue weighted by molar-refractivity contribution is 7.85. The summed E-state index contributed by atoms with van der Waals surface area (Å²) in [6.45, 7) is 10.8. The molecule has 276 valence electrons. The third-order valence-electron chi connectivity index (χ3n) is 9.16. The molecule has 2 heterocycles. The largest absolute Gasteiger partial charge is 0.493 e. The first-order valence-corrected chi connectivity index (χ1v) is 21.8. The second-order valence-corrected chi connectivity index (χ2v) is 16.4. The van der Waals surface area contributed by atoms with E-state index in [9.17, 15) is 4.21 Å². The summed E-state index contributed by atoms with van der Waals surface area (Å²) >= 11 is 1.75. The van der Waals surface area contributed by atoms with Crippen LogP contribution < -0.4 is 18.9 Å². The van der Waals surface area contributed by atoms with E-state index in [0.29, 0.717) is 6.79 Å². The van der Waals surface area contributed by atoms with Crippen molar-refractivity contribution < 1.29 is 23.2 Å². The van der Waals surface area contributed by atoms with Crippen LogP contribution in [0.25, 0.3) is 10.1 Å². The fourth-order valence-electron chi connectivity index (χ4n) is 6.10. The molecule has 0 spiro atoms. The summed E-state index contributed by atoms with van der Waals surface area (Å²) in [5, 5.41) is 3.53. The van der Waals surface area contributed by atoms with Gasteiger partial charge in [-0.2, -0.15) is 0 Å². The van der Waals surface area contributed by atoms with Gasteiger partial charge in [0.05, 0.1) is 17.9 Å². The molecule has 0 fully saturated rings. The monoisotopic (exact) mass is 714 g/mol. The number of unbranched alkanes of at least 4 members (excludes halogenated alkanes) is 15. The Morgan fingerprint density at radius 1 is 0.673 bits per heavy atom. The zero-order valence-electron chi connectivity index (χ0n) is 31.2. The average molecular weight is 715 g/mol. The first kappa shape index (κ1) is 41.2. The zero-order chi connectivity index (χ0) is 34.9. The molecular weight excluding hydrogens is 649 g/mol. The Morgan fingerprint density at radius 3 is 1.88 bits per heavy atom. The summed E-state index contributed by atoms with van der Waals surface area (Å²) in [4.78, 5) is 0. The molecule has 49 heavy (non-hydrogen) atoms. The van der Waals surface area contributed by atoms with Crippen molar-refractivity contribution in [3.63, 3.8) is 0 Å². The zero-order valence-corrected chi connectivity index (χ0v) is 32.9. The van der Waals surface area contributed by atoms with E-state index in [1.54, 1.807) is 11.3 Å². The summed E-state index contributed by atoms with van der Waals surface area (Å²) in [6.07, 6.45) is 23.9. The molecule has 1 aliphatic rings. The van der Waals surface area contributed by atoms with E-state index in [1.165, 1.54) is 112 Å². The minimum atomic E-state index is -0.743. The number of benzene rings is 2. The molecule has 2 atom stereocenters. The van der Waals surface area contributed by atoms with Crippen LogP contribution in [0.2, 0.25) is 0 Å². The predicted molar refractivity (Wildman–Crippen MR) is 212 cm³/mol. The number of rotatable bonds is 26. The number of hydrogen-bond acceptors (Lipinski definition) is 6. The summed E-state index contributed by atoms with van der Waals surface area (Å²) in [7, 11) is -0.743. The van der Waals surface area contributed by atoms with Gasteiger partial charge in [-0.3, -0.25) is 4.21 Å². The molecule has 0 amide bonds. The van der Waals surface area contributed by atoms with Crippen molar-refractivity contribution in [2.75, 3.05) is 25.8 Å². The number of ether oxygens (including phenoxy) is 4. The Kier molecular flexibility index (Phi) is 21.6. The topological polar surface area (TPSA) is 54.0 Å². The van der Waals surface area contributed by atoms with Crippen molar-refractivity contribution in [2.45, 2.75) is 155 Å². The van der Waals surface area contributed by atoms with Crippen LogP contribution in [0.15, 0.2) is 41.8 Å². The lowest BCUT2D eigenvalue weighted by Gasteiger charge is -2.12. The number of thiophene rings is 1. The highest BCUT2D eigenvalue weighted by Crippen LogP contribution is 2.37. The Morgan fingerprint density at radius 2 is 1.22 bits per heavy atom. The summed E-state index contributed by atoms with van der Waals surface area (Å²) in [5.41, 5.74) is 1.17. The lowest BCUT2D eigenvalue weighted by Crippen LogP contribution is -2.16. The molecule has 2 unspecified atom stereocenters. The van der Waals surface area contributed by atoms with Gasteiger partial charge in [0, 0.05) is 27.2 Å². The molecule has 1 aromatic heterocycles. The number of hydrogen-bond donors (Lipinski definition) is 0. The minimum absolute atomic E-state index is 0.191. The molecule has 0 N–H and O–H groups in total. The third kappa shape index (κ3) is 16.1. The van der Waals surface area contributed by atoms with Crippen molar-refractivity contribution in [3.8, 4) is 23.0 Å². The normalized spacial score (nSPS) is 13.2. The molecular formula is C42H66O5S2. The second-order valence-electron chi connectivity index (χ2n) is 13.5. The standard InChI is InChI=1S/C24H38O2S.C18H28O3S/c1-3-5-7-9-11-13-18-25-22-15-16-23(24-21(22)17-20-27-24)26-19-14-12-10-8-6-4-2;1-3-4-5-6-7-8-11-22(19)15(2)12-16-9-10-17-18(13-16)21-14-20-17/h15-17,20H,3-14,18-19H2,1-2H3;9-10,13,15H,3-8,11-12,14H2,1-2H3. The minimum Gasteiger partial charge on any atom is -0.493 e. The van der Waals surface area contributed by atoms with Crippen molar-refractivity contribution in [3.05, 3.63) is 47.3 Å². The molecule has 0 aliphatic carbocycles. The van der Waals surface area contributed by atoms with Crippen LogP contribution >= 0.6 is 11.3 Å². The molecule has 4 rings (SSSR count). The molecule has 0 bridgehead atoms. The van der Waals surface area contributed by atoms with Gasteiger partial charge in [0.15, 0.2) is 11.5 Å². The predicted octanol–water partition coefficient (Wildman–Crippen LogP) is 12.8. The average Bonchev–Trinajstić information content (AvgIpc) is 3.80. The van der Waals surface area contributed by atoms with Gasteiger partial charge in [0.25, 0.3) is 0 Å². The van der Waals surface area contributed by atoms with E-state index < -0.39 is 10.8 Å². The molecule has 0 saturated heterocycles. The maximum absolute atomic E-state index is 12.3. The van der Waals surface area contributed by atoms with Crippen LogP contribution in [-0.2, 0) is 17.2 Å². The van der Waals surface area contributed by atoms with Gasteiger partial charge < -0.3 is 18.9 Å². The van der Waals surface area contributed by atoms with Gasteiger partial charge in [0.2, 0.25) is 6.79 Å². The quantitative estimate of drug-likeness (QED) is 0.0775. The van der Waals surface area contributed by atoms with Gasteiger partial charge in [-0.15, -0.1) is 11.3 Å². The SMILES string of the molecule is CCCCCCCCOc1ccc(OCCCCCCCC)c2sccc12.CCCCCCCCS(=O)C(C)Cc1ccc2c(c1)OCO2. The summed E-state index contributed by atoms with van der Waals surface area (Å²) in [6, 6.07) is 12.3. The fourth-order valence-corrected chi connectivity index (χ4v) is 8.25. The van der Waals surface area contributed by atoms with Crippen molar-refractivity contribution in [1.29, 1.82) is 0 Å². The molecule has 1 aliphatic heterocycles. The van der Waals surface area contributed by atoms with Crippen LogP contribution in [0.4, 0.5) is 0 Å². The molecule has 5 nitrogen and oxygen atoms in total. The Labute approximate surface area is 305 Å². The smallest absolute Gasteiger partial charge is 0.231 e. The Bertz CT molecular complexity index is 1250. The first-order valence-electron chi connectivity index (χ1n) is 19.6. The maximum atomic E-state index is 12.3. The second kappa shape index (κ2) is 25.7. The molecule has 0 radical (unpaired) electrons. The highest BCUT2D eigenvalue weighted by Gasteiger charge is 2.16. The number of fused-ring (bicyclic) bond motifs is 2. The summed E-state index contributed by atoms with van der Waals surface area (Å²) in [5.74, 6) is 4.47. The van der Waals surface area contributed by atoms with E-state index in [-0.39, 0.29) is 5.25 Å². The van der Waals surface area contributed by atoms with Crippen LogP contribution in [0, 0.1) is 0 Å². The Hall–Kier alpha value is -2.25. The maximum Gasteiger partial charge on any atom is 0.231 e. The van der Waals surface area contributed by atoms with Gasteiger partial charge in [-0.1, -0.05) is 130 Å². The molecule has 3 aromatic rings. The van der Waals surface area contributed by atoms with Crippen molar-refractivity contribution in [1.82, 2.24) is 0 Å². The fraction of sp³-hybridized carbons (Fsp3) is 0.667. The van der Waals surface area contributed by atoms with Crippen molar-refractivity contribution >= 4 is 32.2 Å². The molecule has 7 heteroatoms. The lowest BCUT2D eigenvalue weighted by atomic mass is 10.1.